The highest BCUT2D eigenvalue weighted by atomic mass is 15.1. The van der Waals surface area contributed by atoms with Crippen LogP contribution < -0.4 is 0 Å². The summed E-state index contributed by atoms with van der Waals surface area (Å²) >= 11 is 0. The molecule has 61 valence electrons. The Balaban J connectivity index is 1.92. The lowest BCUT2D eigenvalue weighted by Crippen LogP contribution is -2.31. The van der Waals surface area contributed by atoms with Crippen LogP contribution in [0.3, 0.4) is 0 Å². The zero-order chi connectivity index (χ0) is 7.73. The van der Waals surface area contributed by atoms with E-state index in [2.05, 4.69) is 19.2 Å². The van der Waals surface area contributed by atoms with Gasteiger partial charge in [-0.1, -0.05) is 24.5 Å². The van der Waals surface area contributed by atoms with Gasteiger partial charge < -0.3 is 4.90 Å². The van der Waals surface area contributed by atoms with Gasteiger partial charge in [-0.05, 0) is 33.0 Å². The van der Waals surface area contributed by atoms with E-state index in [0.29, 0.717) is 5.31 Å². The Morgan fingerprint density at radius 1 is 1.18 bits per heavy atom. The Morgan fingerprint density at radius 2 is 2.00 bits per heavy atom. The summed E-state index contributed by atoms with van der Waals surface area (Å²) in [5.41, 5.74) is 0. The molecule has 2 fully saturated rings. The average Bonchev–Trinajstić information content (AvgIpc) is 2.09. The van der Waals surface area contributed by atoms with Crippen LogP contribution in [0.2, 0.25) is 11.6 Å². The Kier molecular flexibility index (Phi) is 1.96. The Morgan fingerprint density at radius 3 is 2.64 bits per heavy atom. The van der Waals surface area contributed by atoms with Crippen LogP contribution in [0.15, 0.2) is 0 Å². The maximum atomic E-state index is 2.56. The van der Waals surface area contributed by atoms with Crippen molar-refractivity contribution < 1.29 is 0 Å². The van der Waals surface area contributed by atoms with Crippen molar-refractivity contribution in [3.8, 4) is 0 Å². The molecule has 0 aromatic heterocycles. The highest BCUT2D eigenvalue weighted by Crippen LogP contribution is 2.50. The zero-order valence-corrected chi connectivity index (χ0v) is 7.47. The molecule has 0 bridgehead atoms. The molecule has 11 heavy (non-hydrogen) atoms. The first-order chi connectivity index (χ1) is 5.31. The molecule has 2 saturated heterocycles. The largest absolute Gasteiger partial charge is 0.306 e. The minimum Gasteiger partial charge on any atom is -0.306 e. The molecule has 2 heteroatoms. The monoisotopic (exact) mass is 150 g/mol. The third-order valence-electron chi connectivity index (χ3n) is 3.43. The van der Waals surface area contributed by atoms with Crippen LogP contribution in [-0.2, 0) is 0 Å². The summed E-state index contributed by atoms with van der Waals surface area (Å²) in [6, 6.07) is 0. The lowest BCUT2D eigenvalue weighted by molar-refractivity contribution is 0.338. The fourth-order valence-corrected chi connectivity index (χ4v) is 2.36. The predicted octanol–water partition coefficient (Wildman–Crippen LogP) is 1.79. The van der Waals surface area contributed by atoms with E-state index in [1.165, 1.54) is 45.1 Å². The van der Waals surface area contributed by atoms with Crippen molar-refractivity contribution in [3.05, 3.63) is 0 Å². The number of nitrogens with zero attached hydrogens (tertiary/aromatic N) is 1. The van der Waals surface area contributed by atoms with Crippen LogP contribution in [0.4, 0.5) is 0 Å². The van der Waals surface area contributed by atoms with Gasteiger partial charge in [0.2, 0.25) is 0 Å². The highest BCUT2D eigenvalue weighted by molar-refractivity contribution is 6.44. The summed E-state index contributed by atoms with van der Waals surface area (Å²) in [7, 11) is 4.81. The van der Waals surface area contributed by atoms with Gasteiger partial charge >= 0.3 is 0 Å². The first kappa shape index (κ1) is 7.66. The second-order valence-electron chi connectivity index (χ2n) is 4.26. The molecule has 1 spiro atoms. The molecule has 0 aromatic carbocycles. The minimum absolute atomic E-state index is 0.699. The summed E-state index contributed by atoms with van der Waals surface area (Å²) in [4.78, 5) is 2.47. The van der Waals surface area contributed by atoms with Crippen molar-refractivity contribution in [1.82, 2.24) is 4.90 Å². The summed E-state index contributed by atoms with van der Waals surface area (Å²) in [6.07, 6.45) is 7.14. The van der Waals surface area contributed by atoms with Gasteiger partial charge in [0.25, 0.3) is 0 Å². The van der Waals surface area contributed by atoms with Crippen molar-refractivity contribution >= 4 is 7.28 Å². The van der Waals surface area contributed by atoms with Crippen molar-refractivity contribution in [2.24, 2.45) is 0 Å². The van der Waals surface area contributed by atoms with E-state index in [1.807, 2.05) is 0 Å². The van der Waals surface area contributed by atoms with Crippen molar-refractivity contribution in [3.63, 3.8) is 0 Å². The number of hydrogen-bond acceptors (Lipinski definition) is 1. The second kappa shape index (κ2) is 2.82. The second-order valence-corrected chi connectivity index (χ2v) is 4.26. The van der Waals surface area contributed by atoms with E-state index >= 15 is 0 Å². The van der Waals surface area contributed by atoms with Crippen LogP contribution in [0.5, 0.6) is 0 Å². The van der Waals surface area contributed by atoms with Gasteiger partial charge in [-0.3, -0.25) is 0 Å². The van der Waals surface area contributed by atoms with Gasteiger partial charge in [0.15, 0.2) is 0 Å². The molecule has 0 saturated carbocycles. The normalized spacial score (nSPS) is 39.4. The number of likely N-dealkylation sites (tertiary alicyclic amines) is 1. The van der Waals surface area contributed by atoms with Crippen LogP contribution in [0.25, 0.3) is 0 Å². The number of rotatable bonds is 0. The summed E-state index contributed by atoms with van der Waals surface area (Å²) < 4.78 is 0. The third kappa shape index (κ3) is 1.46. The average molecular weight is 150 g/mol. The summed E-state index contributed by atoms with van der Waals surface area (Å²) in [6.45, 7) is 2.63. The molecule has 0 aliphatic carbocycles. The van der Waals surface area contributed by atoms with Crippen molar-refractivity contribution in [1.29, 1.82) is 0 Å². The van der Waals surface area contributed by atoms with Crippen LogP contribution in [0, 0.1) is 0 Å². The molecule has 2 aliphatic rings. The molecule has 1 radical (unpaired) electrons. The van der Waals surface area contributed by atoms with Crippen molar-refractivity contribution in [2.45, 2.75) is 37.3 Å². The minimum atomic E-state index is 0.699. The molecule has 0 amide bonds. The zero-order valence-electron chi connectivity index (χ0n) is 7.47. The first-order valence-electron chi connectivity index (χ1n) is 4.84. The maximum absolute atomic E-state index is 2.56. The standard InChI is InChI=1S/C9H17BN/c1-11-7-2-3-9(5-8-11)4-6-10-9/h2-8H2,1H3. The molecule has 1 unspecified atom stereocenters. The molecule has 0 N–H and O–H groups in total. The summed E-state index contributed by atoms with van der Waals surface area (Å²) in [5.74, 6) is 0. The Bertz CT molecular complexity index is 142. The molecule has 2 rings (SSSR count). The fourth-order valence-electron chi connectivity index (χ4n) is 2.36. The van der Waals surface area contributed by atoms with Gasteiger partial charge in [0.1, 0.15) is 7.28 Å². The van der Waals surface area contributed by atoms with Gasteiger partial charge in [-0.25, -0.2) is 0 Å². The lowest BCUT2D eigenvalue weighted by Gasteiger charge is -2.40. The maximum Gasteiger partial charge on any atom is 0.117 e. The van der Waals surface area contributed by atoms with Crippen molar-refractivity contribution in [2.75, 3.05) is 20.1 Å². The topological polar surface area (TPSA) is 3.24 Å². The van der Waals surface area contributed by atoms with Crippen LogP contribution in [0.1, 0.15) is 25.7 Å². The van der Waals surface area contributed by atoms with Gasteiger partial charge in [-0.15, -0.1) is 0 Å². The van der Waals surface area contributed by atoms with E-state index < -0.39 is 0 Å². The third-order valence-corrected chi connectivity index (χ3v) is 3.43. The number of hydrogen-bond donors (Lipinski definition) is 0. The smallest absolute Gasteiger partial charge is 0.117 e. The lowest BCUT2D eigenvalue weighted by atomic mass is 9.35. The molecule has 0 aromatic rings. The Labute approximate surface area is 70.4 Å². The summed E-state index contributed by atoms with van der Waals surface area (Å²) in [5, 5.41) is 0.699. The quantitative estimate of drug-likeness (QED) is 0.476. The van der Waals surface area contributed by atoms with E-state index in [4.69, 9.17) is 0 Å². The molecular formula is C9H17BN. The van der Waals surface area contributed by atoms with E-state index in [-0.39, 0.29) is 0 Å². The van der Waals surface area contributed by atoms with Gasteiger partial charge in [0, 0.05) is 0 Å². The van der Waals surface area contributed by atoms with E-state index in [0.717, 1.165) is 0 Å². The van der Waals surface area contributed by atoms with E-state index in [9.17, 15) is 0 Å². The fraction of sp³-hybridized carbons (Fsp3) is 1.00. The van der Waals surface area contributed by atoms with Gasteiger partial charge in [-0.2, -0.15) is 0 Å². The van der Waals surface area contributed by atoms with Crippen LogP contribution >= 0.6 is 0 Å². The molecule has 2 aliphatic heterocycles. The highest BCUT2D eigenvalue weighted by Gasteiger charge is 2.37. The molecular weight excluding hydrogens is 133 g/mol. The molecule has 2 heterocycles. The van der Waals surface area contributed by atoms with Gasteiger partial charge in [0.05, 0.1) is 0 Å². The molecule has 1 atom stereocenters. The first-order valence-corrected chi connectivity index (χ1v) is 4.84. The van der Waals surface area contributed by atoms with Crippen LogP contribution in [-0.4, -0.2) is 32.3 Å². The predicted molar refractivity (Wildman–Crippen MR) is 49.2 cm³/mol. The SMILES string of the molecule is CN1CCCC2([B]CC2)CC1. The Hall–Kier alpha value is 0.0249. The van der Waals surface area contributed by atoms with E-state index in [1.54, 1.807) is 0 Å². The molecule has 1 nitrogen and oxygen atoms in total.